The van der Waals surface area contributed by atoms with Crippen molar-refractivity contribution in [1.29, 1.82) is 0 Å². The van der Waals surface area contributed by atoms with E-state index in [0.717, 1.165) is 11.1 Å². The Morgan fingerprint density at radius 3 is 1.36 bits per heavy atom. The number of hydrogen-bond acceptors (Lipinski definition) is 0. The number of benzene rings is 2. The molecule has 0 N–H and O–H groups in total. The standard InChI is InChI=1S/C25H25.2ClH.Zr/c1-24(2,3)13-11-18-7-9-22-20(15-18)17-21-16-19(8-10-23(21)22)12-14-25(4,5)6;;;/h7-10,15-17H,1-6H3;2*1H;/q;;;+2/p-2. The van der Waals surface area contributed by atoms with E-state index in [4.69, 9.17) is 0 Å². The van der Waals surface area contributed by atoms with Crippen LogP contribution in [-0.2, 0) is 24.7 Å². The predicted molar refractivity (Wildman–Crippen MR) is 106 cm³/mol. The Morgan fingerprint density at radius 1 is 0.679 bits per heavy atom. The molecule has 3 rings (SSSR count). The van der Waals surface area contributed by atoms with Crippen molar-refractivity contribution in [2.24, 2.45) is 10.8 Å². The number of rotatable bonds is 0. The molecule has 0 atom stereocenters. The van der Waals surface area contributed by atoms with Gasteiger partial charge in [0.15, 0.2) is 0 Å². The zero-order chi connectivity index (χ0) is 19.1. The van der Waals surface area contributed by atoms with Crippen LogP contribution < -0.4 is 24.8 Å². The summed E-state index contributed by atoms with van der Waals surface area (Å²) < 4.78 is 0.472. The fourth-order valence-corrected chi connectivity index (χ4v) is 4.11. The molecule has 0 aliphatic heterocycles. The van der Waals surface area contributed by atoms with Gasteiger partial charge in [0.1, 0.15) is 0 Å². The van der Waals surface area contributed by atoms with E-state index in [1.165, 1.54) is 47.0 Å². The van der Waals surface area contributed by atoms with Gasteiger partial charge in [0.25, 0.3) is 0 Å². The normalized spacial score (nSPS) is 12.3. The Balaban J connectivity index is 0.00000196. The molecule has 0 fully saturated rings. The summed E-state index contributed by atoms with van der Waals surface area (Å²) in [7, 11) is 0. The maximum absolute atomic E-state index is 3.35. The molecular weight excluding hydrogens is 462 g/mol. The van der Waals surface area contributed by atoms with Gasteiger partial charge >= 0.3 is 174 Å². The summed E-state index contributed by atoms with van der Waals surface area (Å²) in [4.78, 5) is 0. The Morgan fingerprint density at radius 2 is 1.04 bits per heavy atom. The predicted octanol–water partition coefficient (Wildman–Crippen LogP) is 0.106. The Bertz CT molecular complexity index is 902. The summed E-state index contributed by atoms with van der Waals surface area (Å²) in [6.45, 7) is 12.9. The minimum Gasteiger partial charge on any atom is -1.00 e. The maximum atomic E-state index is 3.35. The van der Waals surface area contributed by atoms with Crippen LogP contribution in [0.1, 0.15) is 67.4 Å². The van der Waals surface area contributed by atoms with Gasteiger partial charge in [0.2, 0.25) is 0 Å². The van der Waals surface area contributed by atoms with Crippen molar-refractivity contribution in [2.75, 3.05) is 0 Å². The van der Waals surface area contributed by atoms with Crippen LogP contribution in [0.4, 0.5) is 0 Å². The van der Waals surface area contributed by atoms with Crippen LogP contribution in [0.15, 0.2) is 36.4 Å². The molecule has 2 aromatic rings. The minimum absolute atomic E-state index is 0. The van der Waals surface area contributed by atoms with E-state index in [-0.39, 0.29) is 35.6 Å². The van der Waals surface area contributed by atoms with Crippen molar-refractivity contribution in [2.45, 2.75) is 45.2 Å². The van der Waals surface area contributed by atoms with Gasteiger partial charge in [0, 0.05) is 0 Å². The molecule has 0 bridgehead atoms. The molecule has 0 aromatic heterocycles. The van der Waals surface area contributed by atoms with Crippen molar-refractivity contribution >= 4 is 0 Å². The van der Waals surface area contributed by atoms with Gasteiger partial charge in [-0.3, -0.25) is 0 Å². The number of hydrogen-bond donors (Lipinski definition) is 0. The topological polar surface area (TPSA) is 0 Å². The summed E-state index contributed by atoms with van der Waals surface area (Å²) in [6.07, 6.45) is 0. The Hall–Kier alpha value is -0.977. The van der Waals surface area contributed by atoms with Crippen molar-refractivity contribution in [3.8, 4) is 34.8 Å². The van der Waals surface area contributed by atoms with Crippen molar-refractivity contribution in [3.05, 3.63) is 58.7 Å². The van der Waals surface area contributed by atoms with Gasteiger partial charge in [-0.1, -0.05) is 0 Å². The van der Waals surface area contributed by atoms with Crippen LogP contribution in [0.25, 0.3) is 11.1 Å². The largest absolute Gasteiger partial charge is 1.00 e. The van der Waals surface area contributed by atoms with E-state index in [2.05, 4.69) is 102 Å². The third-order valence-electron chi connectivity index (χ3n) is 4.18. The molecule has 0 spiro atoms. The van der Waals surface area contributed by atoms with Gasteiger partial charge in [-0.05, 0) is 0 Å². The molecular formula is C25H25Cl2Zr. The van der Waals surface area contributed by atoms with Crippen LogP contribution in [0.5, 0.6) is 0 Å². The van der Waals surface area contributed by atoms with E-state index in [1.807, 2.05) is 0 Å². The molecule has 0 saturated heterocycles. The van der Waals surface area contributed by atoms with E-state index in [9.17, 15) is 0 Å². The molecule has 3 heteroatoms. The quantitative estimate of drug-likeness (QED) is 0.463. The SMILES string of the molecule is CC(C)(C)C#Cc1ccc2c(c1)[CH]([Zr+2])c1cc(C#CC(C)(C)C)ccc1-2.[Cl-].[Cl-]. The first-order chi connectivity index (χ1) is 12.0. The Labute approximate surface area is 198 Å². The van der Waals surface area contributed by atoms with Gasteiger partial charge in [0.05, 0.1) is 0 Å². The zero-order valence-electron chi connectivity index (χ0n) is 17.3. The molecule has 0 heterocycles. The fraction of sp³-hybridized carbons (Fsp3) is 0.360. The first-order valence-electron chi connectivity index (χ1n) is 9.09. The van der Waals surface area contributed by atoms with E-state index in [0.29, 0.717) is 3.63 Å². The van der Waals surface area contributed by atoms with Crippen molar-refractivity contribution in [3.63, 3.8) is 0 Å². The third-order valence-corrected chi connectivity index (χ3v) is 5.71. The average Bonchev–Trinajstić information content (AvgIpc) is 2.82. The molecule has 0 nitrogen and oxygen atoms in total. The summed E-state index contributed by atoms with van der Waals surface area (Å²) in [6, 6.07) is 13.4. The van der Waals surface area contributed by atoms with Crippen molar-refractivity contribution in [1.82, 2.24) is 0 Å². The molecule has 0 amide bonds. The van der Waals surface area contributed by atoms with Gasteiger partial charge in [-0.15, -0.1) is 0 Å². The molecule has 0 radical (unpaired) electrons. The second-order valence-electron chi connectivity index (χ2n) is 9.04. The fourth-order valence-electron chi connectivity index (χ4n) is 2.94. The second kappa shape index (κ2) is 9.23. The monoisotopic (exact) mass is 485 g/mol. The number of halogens is 2. The molecule has 1 aliphatic rings. The second-order valence-corrected chi connectivity index (χ2v) is 10.5. The van der Waals surface area contributed by atoms with Crippen LogP contribution in [-0.4, -0.2) is 0 Å². The zero-order valence-corrected chi connectivity index (χ0v) is 21.3. The first-order valence-corrected chi connectivity index (χ1v) is 10.5. The van der Waals surface area contributed by atoms with Crippen LogP contribution in [0.2, 0.25) is 0 Å². The van der Waals surface area contributed by atoms with Crippen molar-refractivity contribution < 1.29 is 49.5 Å². The molecule has 2 aromatic carbocycles. The summed E-state index contributed by atoms with van der Waals surface area (Å²) in [5.74, 6) is 13.4. The average molecular weight is 488 g/mol. The molecule has 0 unspecified atom stereocenters. The third kappa shape index (κ3) is 6.01. The Kier molecular flexibility index (Phi) is 8.26. The van der Waals surface area contributed by atoms with Gasteiger partial charge in [-0.2, -0.15) is 0 Å². The molecule has 143 valence electrons. The molecule has 1 aliphatic carbocycles. The van der Waals surface area contributed by atoms with Crippen LogP contribution in [0, 0.1) is 34.5 Å². The maximum Gasteiger partial charge on any atom is -1.00 e. The van der Waals surface area contributed by atoms with Crippen LogP contribution in [0.3, 0.4) is 0 Å². The summed E-state index contributed by atoms with van der Waals surface area (Å²) >= 11 is 1.51. The summed E-state index contributed by atoms with van der Waals surface area (Å²) in [5, 5.41) is 0. The first kappa shape index (κ1) is 25.1. The molecule has 28 heavy (non-hydrogen) atoms. The van der Waals surface area contributed by atoms with Gasteiger partial charge in [-0.25, -0.2) is 0 Å². The van der Waals surface area contributed by atoms with E-state index >= 15 is 0 Å². The van der Waals surface area contributed by atoms with E-state index < -0.39 is 0 Å². The van der Waals surface area contributed by atoms with Gasteiger partial charge < -0.3 is 24.8 Å². The minimum atomic E-state index is 0. The van der Waals surface area contributed by atoms with Crippen LogP contribution >= 0.6 is 0 Å². The number of fused-ring (bicyclic) bond motifs is 3. The smallest absolute Gasteiger partial charge is 1.00 e. The summed E-state index contributed by atoms with van der Waals surface area (Å²) in [5.41, 5.74) is 7.84. The van der Waals surface area contributed by atoms with E-state index in [1.54, 1.807) is 0 Å². The molecule has 0 saturated carbocycles.